The van der Waals surface area contributed by atoms with E-state index in [-0.39, 0.29) is 10.9 Å². The van der Waals surface area contributed by atoms with Crippen molar-refractivity contribution in [3.05, 3.63) is 34.0 Å². The molecule has 0 aliphatic carbocycles. The Hall–Kier alpha value is -1.51. The molecule has 1 N–H and O–H groups in total. The van der Waals surface area contributed by atoms with Gasteiger partial charge in [-0.05, 0) is 25.5 Å². The molecule has 0 saturated heterocycles. The second-order valence-corrected chi connectivity index (χ2v) is 6.93. The molecule has 1 atom stereocenters. The smallest absolute Gasteiger partial charge is 0.274 e. The Morgan fingerprint density at radius 2 is 2.25 bits per heavy atom. The Balaban J connectivity index is 2.16. The minimum Gasteiger partial charge on any atom is -0.440 e. The molecule has 6 nitrogen and oxygen atoms in total. The van der Waals surface area contributed by atoms with Crippen molar-refractivity contribution in [2.24, 2.45) is 0 Å². The van der Waals surface area contributed by atoms with Crippen molar-refractivity contribution >= 4 is 27.6 Å². The molecule has 2 heterocycles. The molecule has 1 unspecified atom stereocenters. The van der Waals surface area contributed by atoms with Crippen molar-refractivity contribution in [2.75, 3.05) is 0 Å². The molecule has 0 fully saturated rings. The van der Waals surface area contributed by atoms with Crippen LogP contribution in [0.2, 0.25) is 0 Å². The molecule has 2 rings (SSSR count). The fourth-order valence-electron chi connectivity index (χ4n) is 1.57. The van der Waals surface area contributed by atoms with E-state index in [0.717, 1.165) is 11.3 Å². The number of hydrogen-bond acceptors (Lipinski definition) is 6. The number of thiazole rings is 1. The van der Waals surface area contributed by atoms with Crippen LogP contribution in [0.5, 0.6) is 0 Å². The average Bonchev–Trinajstić information content (AvgIpc) is 3.07. The number of sulfonamides is 1. The maximum absolute atomic E-state index is 12.1. The lowest BCUT2D eigenvalue weighted by atomic mass is 10.4. The van der Waals surface area contributed by atoms with E-state index in [2.05, 4.69) is 9.71 Å². The van der Waals surface area contributed by atoms with Crippen LogP contribution < -0.4 is 4.72 Å². The Morgan fingerprint density at radius 3 is 2.80 bits per heavy atom. The summed E-state index contributed by atoms with van der Waals surface area (Å²) < 4.78 is 31.6. The maximum atomic E-state index is 12.1. The summed E-state index contributed by atoms with van der Waals surface area (Å²) in [6, 6.07) is 2.10. The highest BCUT2D eigenvalue weighted by atomic mass is 32.2. The summed E-state index contributed by atoms with van der Waals surface area (Å²) in [5.41, 5.74) is 0. The molecule has 2 aromatic heterocycles. The van der Waals surface area contributed by atoms with E-state index >= 15 is 0 Å². The van der Waals surface area contributed by atoms with Gasteiger partial charge in [-0.25, -0.2) is 13.4 Å². The largest absolute Gasteiger partial charge is 0.440 e. The predicted molar refractivity (Wildman–Crippen MR) is 74.3 cm³/mol. The molecule has 0 aromatic carbocycles. The van der Waals surface area contributed by atoms with Crippen LogP contribution in [0.1, 0.15) is 40.3 Å². The van der Waals surface area contributed by atoms with Crippen molar-refractivity contribution in [3.8, 4) is 0 Å². The number of carbonyl (C=O) groups excluding carboxylic acids is 1. The first kappa shape index (κ1) is 14.9. The lowest BCUT2D eigenvalue weighted by molar-refractivity contribution is 0.109. The topological polar surface area (TPSA) is 89.3 Å². The normalized spacial score (nSPS) is 13.3. The van der Waals surface area contributed by atoms with Gasteiger partial charge in [0, 0.05) is 11.1 Å². The molecule has 0 bridgehead atoms. The van der Waals surface area contributed by atoms with Crippen molar-refractivity contribution in [1.82, 2.24) is 9.71 Å². The van der Waals surface area contributed by atoms with E-state index in [4.69, 9.17) is 4.42 Å². The minimum absolute atomic E-state index is 0.0273. The quantitative estimate of drug-likeness (QED) is 0.825. The SMILES string of the molecule is CCc1cnc(C(C)NS(=O)(=O)c2ccc(C=O)o2)s1. The lowest BCUT2D eigenvalue weighted by Gasteiger charge is -2.09. The van der Waals surface area contributed by atoms with Gasteiger partial charge in [0.25, 0.3) is 10.0 Å². The minimum atomic E-state index is -3.80. The number of carbonyl (C=O) groups is 1. The van der Waals surface area contributed by atoms with E-state index in [9.17, 15) is 13.2 Å². The van der Waals surface area contributed by atoms with E-state index in [1.807, 2.05) is 6.92 Å². The molecule has 0 saturated carbocycles. The van der Waals surface area contributed by atoms with Crippen LogP contribution in [0, 0.1) is 0 Å². The third-order valence-corrected chi connectivity index (χ3v) is 5.34. The Bertz CT molecular complexity index is 703. The summed E-state index contributed by atoms with van der Waals surface area (Å²) in [5, 5.41) is 0.409. The second-order valence-electron chi connectivity index (χ2n) is 4.14. The summed E-state index contributed by atoms with van der Waals surface area (Å²) in [6.07, 6.45) is 3.05. The van der Waals surface area contributed by atoms with Crippen molar-refractivity contribution in [3.63, 3.8) is 0 Å². The molecular formula is C12H14N2O4S2. The molecule has 2 aromatic rings. The first-order valence-electron chi connectivity index (χ1n) is 5.98. The number of aromatic nitrogens is 1. The third-order valence-electron chi connectivity index (χ3n) is 2.61. The zero-order valence-electron chi connectivity index (χ0n) is 11.0. The van der Waals surface area contributed by atoms with Gasteiger partial charge in [0.05, 0.1) is 6.04 Å². The van der Waals surface area contributed by atoms with Gasteiger partial charge in [-0.2, -0.15) is 4.72 Å². The molecule has 108 valence electrons. The Kier molecular flexibility index (Phi) is 4.36. The van der Waals surface area contributed by atoms with Gasteiger partial charge >= 0.3 is 0 Å². The Morgan fingerprint density at radius 1 is 1.50 bits per heavy atom. The highest BCUT2D eigenvalue weighted by molar-refractivity contribution is 7.89. The van der Waals surface area contributed by atoms with Gasteiger partial charge in [-0.15, -0.1) is 11.3 Å². The van der Waals surface area contributed by atoms with Crippen molar-refractivity contribution < 1.29 is 17.6 Å². The lowest BCUT2D eigenvalue weighted by Crippen LogP contribution is -2.26. The monoisotopic (exact) mass is 314 g/mol. The van der Waals surface area contributed by atoms with E-state index in [1.54, 1.807) is 13.1 Å². The predicted octanol–water partition coefficient (Wildman–Crippen LogP) is 2.15. The van der Waals surface area contributed by atoms with Crippen LogP contribution in [0.15, 0.2) is 27.8 Å². The zero-order chi connectivity index (χ0) is 14.8. The van der Waals surface area contributed by atoms with Gasteiger partial charge in [0.2, 0.25) is 5.09 Å². The van der Waals surface area contributed by atoms with E-state index in [1.165, 1.54) is 23.5 Å². The number of nitrogens with zero attached hydrogens (tertiary/aromatic N) is 1. The Labute approximate surface area is 120 Å². The van der Waals surface area contributed by atoms with Gasteiger partial charge in [-0.1, -0.05) is 6.92 Å². The molecule has 8 heteroatoms. The fourth-order valence-corrected chi connectivity index (χ4v) is 3.65. The van der Waals surface area contributed by atoms with Crippen molar-refractivity contribution in [1.29, 1.82) is 0 Å². The molecule has 20 heavy (non-hydrogen) atoms. The summed E-state index contributed by atoms with van der Waals surface area (Å²) in [6.45, 7) is 3.72. The highest BCUT2D eigenvalue weighted by Crippen LogP contribution is 2.22. The third kappa shape index (κ3) is 3.14. The molecule has 0 radical (unpaired) electrons. The van der Waals surface area contributed by atoms with Gasteiger partial charge in [0.1, 0.15) is 5.01 Å². The summed E-state index contributed by atoms with van der Waals surface area (Å²) in [5.74, 6) is -0.0273. The summed E-state index contributed by atoms with van der Waals surface area (Å²) >= 11 is 1.46. The maximum Gasteiger partial charge on any atom is 0.274 e. The first-order chi connectivity index (χ1) is 9.46. The summed E-state index contributed by atoms with van der Waals surface area (Å²) in [7, 11) is -3.80. The molecule has 0 amide bonds. The van der Waals surface area contributed by atoms with Gasteiger partial charge < -0.3 is 4.42 Å². The number of aldehydes is 1. The zero-order valence-corrected chi connectivity index (χ0v) is 12.6. The summed E-state index contributed by atoms with van der Waals surface area (Å²) in [4.78, 5) is 15.8. The van der Waals surface area contributed by atoms with Crippen LogP contribution in [0.3, 0.4) is 0 Å². The number of furan rings is 1. The second kappa shape index (κ2) is 5.86. The standard InChI is InChI=1S/C12H14N2O4S2/c1-3-10-6-13-12(19-10)8(2)14-20(16,17)11-5-4-9(7-15)18-11/h4-8,14H,3H2,1-2H3. The molecule has 0 aliphatic rings. The van der Waals surface area contributed by atoms with Crippen LogP contribution in [-0.2, 0) is 16.4 Å². The van der Waals surface area contributed by atoms with Crippen LogP contribution in [0.25, 0.3) is 0 Å². The van der Waals surface area contributed by atoms with Crippen LogP contribution >= 0.6 is 11.3 Å². The molecular weight excluding hydrogens is 300 g/mol. The van der Waals surface area contributed by atoms with E-state index in [0.29, 0.717) is 11.3 Å². The molecule has 0 aliphatic heterocycles. The number of aryl methyl sites for hydroxylation is 1. The van der Waals surface area contributed by atoms with Crippen LogP contribution in [-0.4, -0.2) is 19.7 Å². The van der Waals surface area contributed by atoms with Gasteiger partial charge in [0.15, 0.2) is 12.0 Å². The van der Waals surface area contributed by atoms with Crippen molar-refractivity contribution in [2.45, 2.75) is 31.4 Å². The number of hydrogen-bond donors (Lipinski definition) is 1. The highest BCUT2D eigenvalue weighted by Gasteiger charge is 2.23. The average molecular weight is 314 g/mol. The number of nitrogens with one attached hydrogen (secondary N) is 1. The number of rotatable bonds is 6. The fraction of sp³-hybridized carbons (Fsp3) is 0.333. The first-order valence-corrected chi connectivity index (χ1v) is 8.28. The van der Waals surface area contributed by atoms with E-state index < -0.39 is 16.1 Å². The van der Waals surface area contributed by atoms with Gasteiger partial charge in [-0.3, -0.25) is 4.79 Å². The van der Waals surface area contributed by atoms with Crippen LogP contribution in [0.4, 0.5) is 0 Å². The molecule has 0 spiro atoms.